The first-order valence-electron chi connectivity index (χ1n) is 6.34. The highest BCUT2D eigenvalue weighted by Gasteiger charge is 2.16. The van der Waals surface area contributed by atoms with Gasteiger partial charge in [-0.05, 0) is 26.9 Å². The maximum atomic E-state index is 10.9. The van der Waals surface area contributed by atoms with E-state index in [-0.39, 0.29) is 11.8 Å². The van der Waals surface area contributed by atoms with E-state index in [1.807, 2.05) is 12.1 Å². The van der Waals surface area contributed by atoms with Gasteiger partial charge in [-0.3, -0.25) is 4.79 Å². The van der Waals surface area contributed by atoms with E-state index in [4.69, 9.17) is 5.11 Å². The van der Waals surface area contributed by atoms with Gasteiger partial charge in [0.15, 0.2) is 4.73 Å². The number of benzene rings is 1. The van der Waals surface area contributed by atoms with E-state index in [2.05, 4.69) is 58.8 Å². The van der Waals surface area contributed by atoms with E-state index in [1.165, 1.54) is 5.56 Å². The Labute approximate surface area is 126 Å². The van der Waals surface area contributed by atoms with Crippen molar-refractivity contribution in [1.82, 2.24) is 9.97 Å². The third kappa shape index (κ3) is 3.28. The number of aromatic amines is 1. The van der Waals surface area contributed by atoms with Crippen LogP contribution in [0.3, 0.4) is 0 Å². The fraction of sp³-hybridized carbons (Fsp3) is 0.333. The molecule has 1 aromatic heterocycles. The number of imidazole rings is 1. The molecule has 0 spiro atoms. The molecule has 20 heavy (non-hydrogen) atoms. The van der Waals surface area contributed by atoms with Crippen molar-refractivity contribution in [3.8, 4) is 11.3 Å². The van der Waals surface area contributed by atoms with Crippen LogP contribution >= 0.6 is 15.9 Å². The van der Waals surface area contributed by atoms with E-state index in [1.54, 1.807) is 0 Å². The van der Waals surface area contributed by atoms with Gasteiger partial charge in [-0.2, -0.15) is 0 Å². The summed E-state index contributed by atoms with van der Waals surface area (Å²) in [7, 11) is 0. The Balaban J connectivity index is 2.39. The molecule has 0 atom stereocenters. The monoisotopic (exact) mass is 336 g/mol. The molecule has 1 aromatic carbocycles. The predicted molar refractivity (Wildman–Crippen MR) is 81.8 cm³/mol. The zero-order valence-corrected chi connectivity index (χ0v) is 13.3. The predicted octanol–water partition coefficient (Wildman–Crippen LogP) is 3.76. The van der Waals surface area contributed by atoms with E-state index in [0.29, 0.717) is 16.1 Å². The molecule has 0 aliphatic carbocycles. The van der Waals surface area contributed by atoms with Gasteiger partial charge in [0.25, 0.3) is 0 Å². The van der Waals surface area contributed by atoms with E-state index in [0.717, 1.165) is 5.56 Å². The summed E-state index contributed by atoms with van der Waals surface area (Å²) in [4.78, 5) is 18.2. The average Bonchev–Trinajstić information content (AvgIpc) is 2.68. The summed E-state index contributed by atoms with van der Waals surface area (Å²) in [6.45, 7) is 6.47. The number of halogens is 1. The van der Waals surface area contributed by atoms with Gasteiger partial charge >= 0.3 is 5.97 Å². The molecule has 0 bridgehead atoms. The third-order valence-electron chi connectivity index (χ3n) is 3.10. The minimum Gasteiger partial charge on any atom is -0.481 e. The van der Waals surface area contributed by atoms with Crippen molar-refractivity contribution >= 4 is 21.9 Å². The topological polar surface area (TPSA) is 66.0 Å². The summed E-state index contributed by atoms with van der Waals surface area (Å²) >= 11 is 3.26. The molecule has 1 heterocycles. The Kier molecular flexibility index (Phi) is 3.99. The minimum absolute atomic E-state index is 0.0744. The van der Waals surface area contributed by atoms with Crippen molar-refractivity contribution in [2.75, 3.05) is 0 Å². The van der Waals surface area contributed by atoms with Gasteiger partial charge in [0.2, 0.25) is 0 Å². The number of aliphatic carboxylic acids is 1. The van der Waals surface area contributed by atoms with Crippen molar-refractivity contribution in [2.45, 2.75) is 32.6 Å². The molecule has 106 valence electrons. The first-order valence-corrected chi connectivity index (χ1v) is 7.14. The van der Waals surface area contributed by atoms with Gasteiger partial charge in [-0.25, -0.2) is 4.98 Å². The van der Waals surface area contributed by atoms with E-state index >= 15 is 0 Å². The summed E-state index contributed by atoms with van der Waals surface area (Å²) in [6.07, 6.45) is -0.0744. The molecule has 4 nitrogen and oxygen atoms in total. The van der Waals surface area contributed by atoms with Gasteiger partial charge in [0.05, 0.1) is 17.8 Å². The first kappa shape index (κ1) is 14.8. The second-order valence-electron chi connectivity index (χ2n) is 5.75. The number of hydrogen-bond acceptors (Lipinski definition) is 2. The minimum atomic E-state index is -0.881. The van der Waals surface area contributed by atoms with Crippen LogP contribution in [0.25, 0.3) is 11.3 Å². The van der Waals surface area contributed by atoms with Crippen molar-refractivity contribution in [1.29, 1.82) is 0 Å². The number of aromatic nitrogens is 2. The molecule has 0 saturated carbocycles. The molecular weight excluding hydrogens is 320 g/mol. The fourth-order valence-electron chi connectivity index (χ4n) is 2.02. The molecule has 2 rings (SSSR count). The molecule has 2 N–H and O–H groups in total. The van der Waals surface area contributed by atoms with Crippen LogP contribution in [0.15, 0.2) is 29.0 Å². The molecule has 5 heteroatoms. The number of rotatable bonds is 3. The summed E-state index contributed by atoms with van der Waals surface area (Å²) in [5.74, 6) is -0.881. The molecule has 0 radical (unpaired) electrons. The lowest BCUT2D eigenvalue weighted by Crippen LogP contribution is -2.10. The zero-order valence-electron chi connectivity index (χ0n) is 11.7. The second kappa shape index (κ2) is 5.40. The average molecular weight is 337 g/mol. The van der Waals surface area contributed by atoms with Crippen LogP contribution in [0.5, 0.6) is 0 Å². The Hall–Kier alpha value is -1.62. The summed E-state index contributed by atoms with van der Waals surface area (Å²) < 4.78 is 0.545. The number of carboxylic acid groups (broad SMARTS) is 1. The molecule has 2 aromatic rings. The number of hydrogen-bond donors (Lipinski definition) is 2. The maximum Gasteiger partial charge on any atom is 0.309 e. The lowest BCUT2D eigenvalue weighted by atomic mass is 9.86. The summed E-state index contributed by atoms with van der Waals surface area (Å²) in [6, 6.07) is 8.08. The standard InChI is InChI=1S/C15H17BrN2O2/c1-15(2,3)10-6-4-9(5-7-10)13-11(8-12(19)20)17-14(16)18-13/h4-7H,8H2,1-3H3,(H,17,18)(H,19,20). The number of carboxylic acids is 1. The highest BCUT2D eigenvalue weighted by molar-refractivity contribution is 9.10. The van der Waals surface area contributed by atoms with Gasteiger partial charge in [0, 0.05) is 5.56 Å². The van der Waals surface area contributed by atoms with Crippen molar-refractivity contribution in [2.24, 2.45) is 0 Å². The third-order valence-corrected chi connectivity index (χ3v) is 3.48. The van der Waals surface area contributed by atoms with Gasteiger partial charge in [-0.15, -0.1) is 0 Å². The SMILES string of the molecule is CC(C)(C)c1ccc(-c2nc(Br)[nH]c2CC(=O)O)cc1. The zero-order chi connectivity index (χ0) is 14.9. The van der Waals surface area contributed by atoms with Gasteiger partial charge in [0.1, 0.15) is 0 Å². The number of nitrogens with one attached hydrogen (secondary N) is 1. The van der Waals surface area contributed by atoms with Crippen molar-refractivity contribution in [3.05, 3.63) is 40.3 Å². The quantitative estimate of drug-likeness (QED) is 0.896. The largest absolute Gasteiger partial charge is 0.481 e. The second-order valence-corrected chi connectivity index (χ2v) is 6.50. The van der Waals surface area contributed by atoms with Gasteiger partial charge < -0.3 is 10.1 Å². The normalized spacial score (nSPS) is 11.6. The van der Waals surface area contributed by atoms with Crippen LogP contribution in [0, 0.1) is 0 Å². The number of nitrogens with zero attached hydrogens (tertiary/aromatic N) is 1. The first-order chi connectivity index (χ1) is 9.27. The fourth-order valence-corrected chi connectivity index (χ4v) is 2.44. The molecule has 0 aliphatic rings. The molecule has 0 aliphatic heterocycles. The number of carbonyl (C=O) groups is 1. The molecule has 0 amide bonds. The van der Waals surface area contributed by atoms with Gasteiger partial charge in [-0.1, -0.05) is 45.0 Å². The smallest absolute Gasteiger partial charge is 0.309 e. The van der Waals surface area contributed by atoms with E-state index < -0.39 is 5.97 Å². The lowest BCUT2D eigenvalue weighted by Gasteiger charge is -2.19. The Morgan fingerprint density at radius 1 is 1.30 bits per heavy atom. The lowest BCUT2D eigenvalue weighted by molar-refractivity contribution is -0.136. The van der Waals surface area contributed by atoms with Crippen LogP contribution in [0.4, 0.5) is 0 Å². The Bertz CT molecular complexity index is 624. The molecular formula is C15H17BrN2O2. The molecule has 0 fully saturated rings. The van der Waals surface area contributed by atoms with Crippen LogP contribution in [-0.2, 0) is 16.6 Å². The van der Waals surface area contributed by atoms with Crippen molar-refractivity contribution < 1.29 is 9.90 Å². The Morgan fingerprint density at radius 3 is 2.40 bits per heavy atom. The van der Waals surface area contributed by atoms with Crippen LogP contribution in [0.1, 0.15) is 32.0 Å². The summed E-state index contributed by atoms with van der Waals surface area (Å²) in [5.41, 5.74) is 3.52. The highest BCUT2D eigenvalue weighted by Crippen LogP contribution is 2.28. The number of H-pyrrole nitrogens is 1. The molecule has 0 saturated heterocycles. The Morgan fingerprint density at radius 2 is 1.90 bits per heavy atom. The van der Waals surface area contributed by atoms with Crippen LogP contribution in [-0.4, -0.2) is 21.0 Å². The van der Waals surface area contributed by atoms with Crippen LogP contribution in [0.2, 0.25) is 0 Å². The highest BCUT2D eigenvalue weighted by atomic mass is 79.9. The maximum absolute atomic E-state index is 10.9. The molecule has 0 unspecified atom stereocenters. The summed E-state index contributed by atoms with van der Waals surface area (Å²) in [5, 5.41) is 8.94. The van der Waals surface area contributed by atoms with E-state index in [9.17, 15) is 4.79 Å². The van der Waals surface area contributed by atoms with Crippen molar-refractivity contribution in [3.63, 3.8) is 0 Å². The van der Waals surface area contributed by atoms with Crippen LogP contribution < -0.4 is 0 Å².